The number of thiazole rings is 1. The average molecular weight is 284 g/mol. The smallest absolute Gasteiger partial charge is 0.307 e. The van der Waals surface area contributed by atoms with Crippen LogP contribution in [0.4, 0.5) is 10.5 Å². The monoisotopic (exact) mass is 284 g/mol. The van der Waals surface area contributed by atoms with Crippen LogP contribution in [0.3, 0.4) is 0 Å². The van der Waals surface area contributed by atoms with Gasteiger partial charge in [0.25, 0.3) is 0 Å². The molecule has 0 radical (unpaired) electrons. The molecule has 0 saturated heterocycles. The Morgan fingerprint density at radius 2 is 2.10 bits per heavy atom. The molecule has 0 aliphatic carbocycles. The summed E-state index contributed by atoms with van der Waals surface area (Å²) >= 11 is 1.62. The van der Waals surface area contributed by atoms with Gasteiger partial charge in [0.05, 0.1) is 10.7 Å². The summed E-state index contributed by atoms with van der Waals surface area (Å²) in [5.41, 5.74) is 2.73. The molecule has 0 fully saturated rings. The van der Waals surface area contributed by atoms with Crippen molar-refractivity contribution < 1.29 is 4.79 Å². The number of nitrogens with one attached hydrogen (secondary N) is 1. The molecule has 0 atom stereocenters. The summed E-state index contributed by atoms with van der Waals surface area (Å²) in [6.45, 7) is 1.98. The van der Waals surface area contributed by atoms with Crippen LogP contribution in [0.15, 0.2) is 48.4 Å². The number of hydrogen-bond acceptors (Lipinski definition) is 4. The van der Waals surface area contributed by atoms with Crippen molar-refractivity contribution in [3.63, 3.8) is 0 Å². The fourth-order valence-electron chi connectivity index (χ4n) is 1.79. The number of hydrogen-bond donors (Lipinski definition) is 1. The van der Waals surface area contributed by atoms with E-state index in [9.17, 15) is 4.79 Å². The molecule has 0 aliphatic rings. The minimum absolute atomic E-state index is 0.236. The standard InChI is InChI=1S/C14H12N4OS/c1-10-16-13(8-20-10)11-2-4-12(5-3-11)17-14(19)18-7-6-15-9-18/h2-9H,1H3,(H,17,19). The SMILES string of the molecule is Cc1nc(-c2ccc(NC(=O)n3ccnc3)cc2)cs1. The minimum Gasteiger partial charge on any atom is -0.307 e. The van der Waals surface area contributed by atoms with Crippen molar-refractivity contribution in [2.24, 2.45) is 0 Å². The second kappa shape index (κ2) is 5.26. The quantitative estimate of drug-likeness (QED) is 0.784. The van der Waals surface area contributed by atoms with Crippen LogP contribution in [0.5, 0.6) is 0 Å². The maximum absolute atomic E-state index is 11.8. The van der Waals surface area contributed by atoms with E-state index in [-0.39, 0.29) is 6.03 Å². The third-order valence-corrected chi connectivity index (χ3v) is 3.56. The second-order valence-corrected chi connectivity index (χ2v) is 5.29. The number of aryl methyl sites for hydroxylation is 1. The van der Waals surface area contributed by atoms with Gasteiger partial charge < -0.3 is 5.32 Å². The Labute approximate surface area is 119 Å². The average Bonchev–Trinajstić information content (AvgIpc) is 3.10. The van der Waals surface area contributed by atoms with Gasteiger partial charge in [-0.05, 0) is 19.1 Å². The van der Waals surface area contributed by atoms with E-state index < -0.39 is 0 Å². The first-order valence-electron chi connectivity index (χ1n) is 6.04. The molecule has 2 aromatic heterocycles. The second-order valence-electron chi connectivity index (χ2n) is 4.23. The van der Waals surface area contributed by atoms with Gasteiger partial charge >= 0.3 is 6.03 Å². The lowest BCUT2D eigenvalue weighted by Gasteiger charge is -2.05. The highest BCUT2D eigenvalue weighted by molar-refractivity contribution is 7.09. The lowest BCUT2D eigenvalue weighted by Crippen LogP contribution is -2.17. The number of carbonyl (C=O) groups excluding carboxylic acids is 1. The molecule has 5 nitrogen and oxygen atoms in total. The van der Waals surface area contributed by atoms with Gasteiger partial charge in [-0.1, -0.05) is 12.1 Å². The van der Waals surface area contributed by atoms with E-state index in [1.165, 1.54) is 10.9 Å². The van der Waals surface area contributed by atoms with E-state index in [0.717, 1.165) is 22.0 Å². The molecular formula is C14H12N4OS. The molecule has 3 rings (SSSR count). The predicted octanol–water partition coefficient (Wildman–Crippen LogP) is 3.40. The van der Waals surface area contributed by atoms with Crippen LogP contribution in [0.2, 0.25) is 0 Å². The summed E-state index contributed by atoms with van der Waals surface area (Å²) in [5.74, 6) is 0. The molecule has 20 heavy (non-hydrogen) atoms. The summed E-state index contributed by atoms with van der Waals surface area (Å²) in [7, 11) is 0. The summed E-state index contributed by atoms with van der Waals surface area (Å²) < 4.78 is 1.39. The highest BCUT2D eigenvalue weighted by atomic mass is 32.1. The molecule has 0 saturated carbocycles. The molecule has 3 aromatic rings. The van der Waals surface area contributed by atoms with Crippen LogP contribution < -0.4 is 5.32 Å². The van der Waals surface area contributed by atoms with E-state index in [1.54, 1.807) is 23.7 Å². The van der Waals surface area contributed by atoms with Crippen LogP contribution in [0.1, 0.15) is 5.01 Å². The Morgan fingerprint density at radius 3 is 2.70 bits per heavy atom. The largest absolute Gasteiger partial charge is 0.331 e. The number of anilines is 1. The van der Waals surface area contributed by atoms with Gasteiger partial charge in [-0.15, -0.1) is 11.3 Å². The van der Waals surface area contributed by atoms with Crippen molar-refractivity contribution in [3.05, 3.63) is 53.4 Å². The zero-order valence-corrected chi connectivity index (χ0v) is 11.6. The fraction of sp³-hybridized carbons (Fsp3) is 0.0714. The number of amides is 1. The Balaban J connectivity index is 1.75. The highest BCUT2D eigenvalue weighted by Gasteiger charge is 2.05. The molecule has 1 amide bonds. The summed E-state index contributed by atoms with van der Waals surface area (Å²) in [5, 5.41) is 5.86. The molecule has 0 spiro atoms. The van der Waals surface area contributed by atoms with Crippen LogP contribution >= 0.6 is 11.3 Å². The Kier molecular flexibility index (Phi) is 3.30. The number of benzene rings is 1. The molecule has 100 valence electrons. The van der Waals surface area contributed by atoms with Gasteiger partial charge in [-0.2, -0.15) is 0 Å². The van der Waals surface area contributed by atoms with E-state index >= 15 is 0 Å². The zero-order valence-electron chi connectivity index (χ0n) is 10.8. The number of aromatic nitrogens is 3. The van der Waals surface area contributed by atoms with Gasteiger partial charge in [0.15, 0.2) is 0 Å². The topological polar surface area (TPSA) is 59.8 Å². The minimum atomic E-state index is -0.236. The van der Waals surface area contributed by atoms with Gasteiger partial charge in [-0.25, -0.2) is 14.8 Å². The molecular weight excluding hydrogens is 272 g/mol. The van der Waals surface area contributed by atoms with E-state index in [2.05, 4.69) is 15.3 Å². The van der Waals surface area contributed by atoms with Gasteiger partial charge in [0, 0.05) is 29.0 Å². The predicted molar refractivity (Wildman–Crippen MR) is 78.9 cm³/mol. The number of imidazole rings is 1. The third-order valence-electron chi connectivity index (χ3n) is 2.79. The molecule has 1 aromatic carbocycles. The van der Waals surface area contributed by atoms with E-state index in [0.29, 0.717) is 0 Å². The lowest BCUT2D eigenvalue weighted by atomic mass is 10.1. The van der Waals surface area contributed by atoms with E-state index in [4.69, 9.17) is 0 Å². The fourth-order valence-corrected chi connectivity index (χ4v) is 2.41. The molecule has 1 N–H and O–H groups in total. The van der Waals surface area contributed by atoms with E-state index in [1.807, 2.05) is 36.6 Å². The first-order chi connectivity index (χ1) is 9.72. The van der Waals surface area contributed by atoms with Crippen molar-refractivity contribution in [1.29, 1.82) is 0 Å². The van der Waals surface area contributed by atoms with Gasteiger partial charge in [0.2, 0.25) is 0 Å². The highest BCUT2D eigenvalue weighted by Crippen LogP contribution is 2.23. The van der Waals surface area contributed by atoms with Crippen LogP contribution in [-0.2, 0) is 0 Å². The normalized spacial score (nSPS) is 10.4. The number of carbonyl (C=O) groups is 1. The summed E-state index contributed by atoms with van der Waals surface area (Å²) in [6, 6.07) is 7.37. The maximum atomic E-state index is 11.8. The van der Waals surface area contributed by atoms with Crippen molar-refractivity contribution >= 4 is 23.1 Å². The van der Waals surface area contributed by atoms with Crippen molar-refractivity contribution in [2.45, 2.75) is 6.92 Å². The molecule has 0 aliphatic heterocycles. The lowest BCUT2D eigenvalue weighted by molar-refractivity contribution is 0.253. The van der Waals surface area contributed by atoms with Crippen molar-refractivity contribution in [1.82, 2.24) is 14.5 Å². The molecule has 0 unspecified atom stereocenters. The van der Waals surface area contributed by atoms with Crippen LogP contribution in [-0.4, -0.2) is 20.6 Å². The van der Waals surface area contributed by atoms with Gasteiger partial charge in [0.1, 0.15) is 6.33 Å². The molecule has 6 heteroatoms. The van der Waals surface area contributed by atoms with Crippen LogP contribution in [0.25, 0.3) is 11.3 Å². The van der Waals surface area contributed by atoms with Crippen molar-refractivity contribution in [3.8, 4) is 11.3 Å². The Morgan fingerprint density at radius 1 is 1.30 bits per heavy atom. The molecule has 2 heterocycles. The maximum Gasteiger partial charge on any atom is 0.331 e. The van der Waals surface area contributed by atoms with Gasteiger partial charge in [-0.3, -0.25) is 4.57 Å². The third kappa shape index (κ3) is 2.60. The Hall–Kier alpha value is -2.47. The zero-order chi connectivity index (χ0) is 13.9. The van der Waals surface area contributed by atoms with Crippen molar-refractivity contribution in [2.75, 3.05) is 5.32 Å². The van der Waals surface area contributed by atoms with Crippen LogP contribution in [0, 0.1) is 6.92 Å². The number of nitrogens with zero attached hydrogens (tertiary/aromatic N) is 3. The summed E-state index contributed by atoms with van der Waals surface area (Å²) in [4.78, 5) is 20.1. The summed E-state index contributed by atoms with van der Waals surface area (Å²) in [6.07, 6.45) is 4.62. The Bertz CT molecular complexity index is 716. The first-order valence-corrected chi connectivity index (χ1v) is 6.92. The first kappa shape index (κ1) is 12.6. The number of rotatable bonds is 2. The molecule has 0 bridgehead atoms.